The zero-order valence-corrected chi connectivity index (χ0v) is 17.7. The van der Waals surface area contributed by atoms with Gasteiger partial charge < -0.3 is 20.3 Å². The van der Waals surface area contributed by atoms with Crippen molar-refractivity contribution in [2.75, 3.05) is 38.7 Å². The van der Waals surface area contributed by atoms with Gasteiger partial charge in [0.2, 0.25) is 5.91 Å². The fourth-order valence-electron chi connectivity index (χ4n) is 2.41. The summed E-state index contributed by atoms with van der Waals surface area (Å²) in [6, 6.07) is 5.88. The third kappa shape index (κ3) is 7.78. The molecular formula is C20H27FN4O3S. The Morgan fingerprint density at radius 2 is 1.97 bits per heavy atom. The topological polar surface area (TPSA) is 83.6 Å². The van der Waals surface area contributed by atoms with Gasteiger partial charge in [-0.2, -0.15) is 0 Å². The molecule has 1 aromatic carbocycles. The summed E-state index contributed by atoms with van der Waals surface area (Å²) in [5, 5.41) is 8.08. The molecule has 7 nitrogen and oxygen atoms in total. The Morgan fingerprint density at radius 3 is 2.62 bits per heavy atom. The lowest BCUT2D eigenvalue weighted by Gasteiger charge is -2.21. The second kappa shape index (κ2) is 11.5. The number of nitrogens with zero attached hydrogens (tertiary/aromatic N) is 2. The van der Waals surface area contributed by atoms with E-state index >= 15 is 0 Å². The maximum Gasteiger partial charge on any atom is 0.273 e. The number of thiazole rings is 1. The van der Waals surface area contributed by atoms with E-state index in [4.69, 9.17) is 4.74 Å². The molecule has 1 heterocycles. The summed E-state index contributed by atoms with van der Waals surface area (Å²) >= 11 is 1.28. The Bertz CT molecular complexity index is 795. The number of aromatic nitrogens is 1. The van der Waals surface area contributed by atoms with Gasteiger partial charge in [0.25, 0.3) is 5.91 Å². The Labute approximate surface area is 174 Å². The minimum Gasteiger partial charge on any atom is -0.383 e. The molecule has 2 aromatic rings. The summed E-state index contributed by atoms with van der Waals surface area (Å²) in [4.78, 5) is 30.7. The molecule has 0 radical (unpaired) electrons. The molecule has 1 aromatic heterocycles. The number of methoxy groups -OCH3 is 1. The van der Waals surface area contributed by atoms with E-state index in [0.717, 1.165) is 0 Å². The van der Waals surface area contributed by atoms with Gasteiger partial charge in [-0.1, -0.05) is 13.8 Å². The first kappa shape index (κ1) is 22.8. The fourth-order valence-corrected chi connectivity index (χ4v) is 3.11. The molecule has 158 valence electrons. The Morgan fingerprint density at radius 1 is 1.24 bits per heavy atom. The molecular weight excluding hydrogens is 395 g/mol. The zero-order valence-electron chi connectivity index (χ0n) is 16.9. The summed E-state index contributed by atoms with van der Waals surface area (Å²) in [6.45, 7) is 5.66. The van der Waals surface area contributed by atoms with Crippen LogP contribution in [0.1, 0.15) is 30.8 Å². The molecule has 0 bridgehead atoms. The van der Waals surface area contributed by atoms with Gasteiger partial charge in [0.05, 0.1) is 6.61 Å². The van der Waals surface area contributed by atoms with Gasteiger partial charge in [0.1, 0.15) is 11.5 Å². The molecule has 2 rings (SSSR count). The highest BCUT2D eigenvalue weighted by Gasteiger charge is 2.20. The third-order valence-corrected chi connectivity index (χ3v) is 4.75. The Hall–Kier alpha value is -2.52. The van der Waals surface area contributed by atoms with Crippen LogP contribution in [0.2, 0.25) is 0 Å². The van der Waals surface area contributed by atoms with Crippen LogP contribution in [-0.4, -0.2) is 55.0 Å². The lowest BCUT2D eigenvalue weighted by molar-refractivity contribution is -0.121. The average molecular weight is 423 g/mol. The van der Waals surface area contributed by atoms with Crippen molar-refractivity contribution in [2.24, 2.45) is 5.92 Å². The van der Waals surface area contributed by atoms with Crippen molar-refractivity contribution in [1.29, 1.82) is 0 Å². The number of hydrogen-bond donors (Lipinski definition) is 2. The summed E-state index contributed by atoms with van der Waals surface area (Å²) in [7, 11) is 1.56. The number of benzene rings is 1. The van der Waals surface area contributed by atoms with Crippen molar-refractivity contribution < 1.29 is 18.7 Å². The van der Waals surface area contributed by atoms with Crippen LogP contribution in [0.15, 0.2) is 29.6 Å². The first-order chi connectivity index (χ1) is 13.9. The molecule has 0 fully saturated rings. The monoisotopic (exact) mass is 422 g/mol. The number of hydrogen-bond acceptors (Lipinski definition) is 6. The summed E-state index contributed by atoms with van der Waals surface area (Å²) in [5.41, 5.74) is 0.969. The van der Waals surface area contributed by atoms with E-state index in [1.54, 1.807) is 29.5 Å². The molecule has 0 saturated carbocycles. The molecule has 9 heteroatoms. The van der Waals surface area contributed by atoms with Crippen LogP contribution in [0.3, 0.4) is 0 Å². The summed E-state index contributed by atoms with van der Waals surface area (Å²) < 4.78 is 18.1. The van der Waals surface area contributed by atoms with Crippen molar-refractivity contribution in [3.05, 3.63) is 41.2 Å². The predicted octanol–water partition coefficient (Wildman–Crippen LogP) is 3.28. The van der Waals surface area contributed by atoms with Gasteiger partial charge in [-0.05, 0) is 30.2 Å². The van der Waals surface area contributed by atoms with E-state index in [-0.39, 0.29) is 30.6 Å². The molecule has 0 spiro atoms. The van der Waals surface area contributed by atoms with E-state index in [1.165, 1.54) is 23.5 Å². The SMILES string of the molecule is COCCN(CCC(=O)NCC(C)C)C(=O)c1csc(Nc2ccc(F)cc2)n1. The Balaban J connectivity index is 1.98. The zero-order chi connectivity index (χ0) is 21.2. The van der Waals surface area contributed by atoms with E-state index in [2.05, 4.69) is 15.6 Å². The summed E-state index contributed by atoms with van der Waals surface area (Å²) in [6.07, 6.45) is 0.215. The molecule has 0 aliphatic rings. The normalized spacial score (nSPS) is 10.8. The number of halogens is 1. The lowest BCUT2D eigenvalue weighted by Crippen LogP contribution is -2.38. The highest BCUT2D eigenvalue weighted by Crippen LogP contribution is 2.22. The molecule has 2 amide bonds. The fraction of sp³-hybridized carbons (Fsp3) is 0.450. The Kier molecular flexibility index (Phi) is 9.01. The number of rotatable bonds is 11. The highest BCUT2D eigenvalue weighted by atomic mass is 32.1. The quantitative estimate of drug-likeness (QED) is 0.581. The molecule has 0 atom stereocenters. The molecule has 0 saturated heterocycles. The van der Waals surface area contributed by atoms with E-state index in [9.17, 15) is 14.0 Å². The maximum atomic E-state index is 13.0. The lowest BCUT2D eigenvalue weighted by atomic mass is 10.2. The molecule has 0 aliphatic carbocycles. The largest absolute Gasteiger partial charge is 0.383 e. The second-order valence-electron chi connectivity index (χ2n) is 6.90. The van der Waals surface area contributed by atoms with E-state index in [1.807, 2.05) is 13.8 Å². The van der Waals surface area contributed by atoms with Crippen LogP contribution in [0, 0.1) is 11.7 Å². The van der Waals surface area contributed by atoms with Crippen molar-refractivity contribution >= 4 is 34.0 Å². The number of anilines is 2. The first-order valence-corrected chi connectivity index (χ1v) is 10.3. The van der Waals surface area contributed by atoms with Crippen LogP contribution < -0.4 is 10.6 Å². The number of ether oxygens (including phenoxy) is 1. The van der Waals surface area contributed by atoms with Crippen LogP contribution in [-0.2, 0) is 9.53 Å². The van der Waals surface area contributed by atoms with Gasteiger partial charge in [0, 0.05) is 44.2 Å². The molecule has 0 unspecified atom stereocenters. The summed E-state index contributed by atoms with van der Waals surface area (Å²) in [5.74, 6) is -0.308. The third-order valence-electron chi connectivity index (χ3n) is 3.99. The van der Waals surface area contributed by atoms with Crippen molar-refractivity contribution in [2.45, 2.75) is 20.3 Å². The van der Waals surface area contributed by atoms with Crippen LogP contribution >= 0.6 is 11.3 Å². The average Bonchev–Trinajstić information content (AvgIpc) is 3.16. The second-order valence-corrected chi connectivity index (χ2v) is 7.76. The van der Waals surface area contributed by atoms with Gasteiger partial charge in [-0.15, -0.1) is 11.3 Å². The standard InChI is InChI=1S/C20H27FN4O3S/c1-14(2)12-22-18(26)8-9-25(10-11-28-3)19(27)17-13-29-20(24-17)23-16-6-4-15(21)5-7-16/h4-7,13-14H,8-12H2,1-3H3,(H,22,26)(H,23,24). The number of carbonyl (C=O) groups is 2. The van der Waals surface area contributed by atoms with E-state index in [0.29, 0.717) is 42.1 Å². The van der Waals surface area contributed by atoms with Crippen LogP contribution in [0.4, 0.5) is 15.2 Å². The first-order valence-electron chi connectivity index (χ1n) is 9.42. The molecule has 29 heavy (non-hydrogen) atoms. The minimum absolute atomic E-state index is 0.0918. The molecule has 0 aliphatic heterocycles. The van der Waals surface area contributed by atoms with E-state index < -0.39 is 0 Å². The predicted molar refractivity (Wildman–Crippen MR) is 112 cm³/mol. The van der Waals surface area contributed by atoms with Crippen molar-refractivity contribution in [3.8, 4) is 0 Å². The van der Waals surface area contributed by atoms with Gasteiger partial charge in [-0.25, -0.2) is 9.37 Å². The van der Waals surface area contributed by atoms with Crippen molar-refractivity contribution in [1.82, 2.24) is 15.2 Å². The number of amides is 2. The number of carbonyl (C=O) groups excluding carboxylic acids is 2. The highest BCUT2D eigenvalue weighted by molar-refractivity contribution is 7.14. The van der Waals surface area contributed by atoms with Gasteiger partial charge in [0.15, 0.2) is 5.13 Å². The minimum atomic E-state index is -0.322. The number of nitrogens with one attached hydrogen (secondary N) is 2. The van der Waals surface area contributed by atoms with Crippen LogP contribution in [0.25, 0.3) is 0 Å². The van der Waals surface area contributed by atoms with Gasteiger partial charge in [-0.3, -0.25) is 9.59 Å². The maximum absolute atomic E-state index is 13.0. The smallest absolute Gasteiger partial charge is 0.273 e. The van der Waals surface area contributed by atoms with Gasteiger partial charge >= 0.3 is 0 Å². The molecule has 2 N–H and O–H groups in total. The van der Waals surface area contributed by atoms with Crippen LogP contribution in [0.5, 0.6) is 0 Å². The van der Waals surface area contributed by atoms with Crippen molar-refractivity contribution in [3.63, 3.8) is 0 Å².